The van der Waals surface area contributed by atoms with Gasteiger partial charge in [0.1, 0.15) is 18.0 Å². The summed E-state index contributed by atoms with van der Waals surface area (Å²) >= 11 is 0. The van der Waals surface area contributed by atoms with Crippen molar-refractivity contribution in [2.24, 2.45) is 0 Å². The fourth-order valence-corrected chi connectivity index (χ4v) is 2.01. The first kappa shape index (κ1) is 14.6. The van der Waals surface area contributed by atoms with Crippen LogP contribution in [0.4, 0.5) is 0 Å². The molecule has 0 aliphatic heterocycles. The molecule has 106 valence electrons. The van der Waals surface area contributed by atoms with E-state index in [1.807, 2.05) is 49.4 Å². The Bertz CT molecular complexity index is 562. The van der Waals surface area contributed by atoms with Crippen LogP contribution < -0.4 is 4.74 Å². The van der Waals surface area contributed by atoms with Crippen LogP contribution in [0, 0.1) is 6.92 Å². The predicted molar refractivity (Wildman–Crippen MR) is 78.6 cm³/mol. The second-order valence-electron chi connectivity index (χ2n) is 5.21. The lowest BCUT2D eigenvalue weighted by atomic mass is 9.95. The number of ether oxygens (including phenoxy) is 1. The lowest BCUT2D eigenvalue weighted by Crippen LogP contribution is -2.26. The van der Waals surface area contributed by atoms with Gasteiger partial charge in [-0.15, -0.1) is 0 Å². The first-order valence-electron chi connectivity index (χ1n) is 6.64. The number of hydrogen-bond donors (Lipinski definition) is 2. The van der Waals surface area contributed by atoms with Crippen molar-refractivity contribution in [3.05, 3.63) is 65.2 Å². The van der Waals surface area contributed by atoms with Gasteiger partial charge in [-0.1, -0.05) is 42.5 Å². The van der Waals surface area contributed by atoms with E-state index in [4.69, 9.17) is 4.74 Å². The molecule has 0 aromatic heterocycles. The van der Waals surface area contributed by atoms with E-state index in [-0.39, 0.29) is 6.61 Å². The Hall–Kier alpha value is -1.84. The minimum atomic E-state index is -1.31. The van der Waals surface area contributed by atoms with Crippen molar-refractivity contribution in [2.45, 2.75) is 26.1 Å². The van der Waals surface area contributed by atoms with Gasteiger partial charge in [0, 0.05) is 5.56 Å². The van der Waals surface area contributed by atoms with Gasteiger partial charge < -0.3 is 14.9 Å². The maximum absolute atomic E-state index is 10.2. The highest BCUT2D eigenvalue weighted by Crippen LogP contribution is 2.31. The van der Waals surface area contributed by atoms with Crippen molar-refractivity contribution in [2.75, 3.05) is 6.61 Å². The maximum Gasteiger partial charge on any atom is 0.126 e. The van der Waals surface area contributed by atoms with Crippen LogP contribution in [0.5, 0.6) is 5.75 Å². The van der Waals surface area contributed by atoms with Crippen LogP contribution in [-0.4, -0.2) is 16.8 Å². The lowest BCUT2D eigenvalue weighted by Gasteiger charge is -2.24. The van der Waals surface area contributed by atoms with Crippen molar-refractivity contribution in [3.63, 3.8) is 0 Å². The average molecular weight is 272 g/mol. The van der Waals surface area contributed by atoms with E-state index < -0.39 is 5.60 Å². The van der Waals surface area contributed by atoms with Crippen LogP contribution >= 0.6 is 0 Å². The van der Waals surface area contributed by atoms with Crippen LogP contribution in [0.1, 0.15) is 23.6 Å². The first-order chi connectivity index (χ1) is 9.53. The summed E-state index contributed by atoms with van der Waals surface area (Å²) < 4.78 is 5.82. The van der Waals surface area contributed by atoms with Crippen molar-refractivity contribution in [1.82, 2.24) is 0 Å². The molecule has 0 spiro atoms. The molecule has 0 saturated carbocycles. The molecule has 3 heteroatoms. The van der Waals surface area contributed by atoms with Gasteiger partial charge in [0.25, 0.3) is 0 Å². The van der Waals surface area contributed by atoms with Gasteiger partial charge >= 0.3 is 0 Å². The summed E-state index contributed by atoms with van der Waals surface area (Å²) in [4.78, 5) is 0. The zero-order valence-corrected chi connectivity index (χ0v) is 11.8. The first-order valence-corrected chi connectivity index (χ1v) is 6.64. The van der Waals surface area contributed by atoms with Gasteiger partial charge in [0.15, 0.2) is 0 Å². The number of hydrogen-bond acceptors (Lipinski definition) is 3. The van der Waals surface area contributed by atoms with Crippen LogP contribution in [0.3, 0.4) is 0 Å². The molecule has 0 bridgehead atoms. The van der Waals surface area contributed by atoms with E-state index in [1.165, 1.54) is 0 Å². The third-order valence-corrected chi connectivity index (χ3v) is 3.26. The summed E-state index contributed by atoms with van der Waals surface area (Å²) in [6.07, 6.45) is 0. The zero-order chi connectivity index (χ0) is 14.6. The maximum atomic E-state index is 10.2. The van der Waals surface area contributed by atoms with Crippen molar-refractivity contribution >= 4 is 0 Å². The summed E-state index contributed by atoms with van der Waals surface area (Å²) in [6.45, 7) is 3.62. The fraction of sp³-hybridized carbons (Fsp3) is 0.294. The molecule has 20 heavy (non-hydrogen) atoms. The van der Waals surface area contributed by atoms with Crippen LogP contribution in [-0.2, 0) is 12.2 Å². The fourth-order valence-electron chi connectivity index (χ4n) is 2.01. The molecule has 0 aliphatic rings. The topological polar surface area (TPSA) is 49.7 Å². The summed E-state index contributed by atoms with van der Waals surface area (Å²) in [6, 6.07) is 15.4. The second kappa shape index (κ2) is 6.07. The molecule has 0 unspecified atom stereocenters. The summed E-state index contributed by atoms with van der Waals surface area (Å²) in [5, 5.41) is 19.6. The molecule has 0 fully saturated rings. The molecule has 0 amide bonds. The highest BCUT2D eigenvalue weighted by molar-refractivity contribution is 5.41. The largest absolute Gasteiger partial charge is 0.488 e. The standard InChI is InChI=1S/C17H20O3/c1-13-8-9-15(17(2,19)12-18)16(10-13)20-11-14-6-4-3-5-7-14/h3-10,18-19H,11-12H2,1-2H3/t17-/m0/s1. The molecule has 2 aromatic carbocycles. The lowest BCUT2D eigenvalue weighted by molar-refractivity contribution is -0.00460. The second-order valence-corrected chi connectivity index (χ2v) is 5.21. The molecule has 0 saturated heterocycles. The van der Waals surface area contributed by atoms with Crippen molar-refractivity contribution in [3.8, 4) is 5.75 Å². The van der Waals surface area contributed by atoms with Gasteiger partial charge in [0.05, 0.1) is 6.61 Å². The Labute approximate surface area is 119 Å². The van der Waals surface area contributed by atoms with Crippen LogP contribution in [0.15, 0.2) is 48.5 Å². The van der Waals surface area contributed by atoms with Crippen LogP contribution in [0.25, 0.3) is 0 Å². The Morgan fingerprint density at radius 2 is 1.80 bits per heavy atom. The van der Waals surface area contributed by atoms with E-state index in [1.54, 1.807) is 13.0 Å². The van der Waals surface area contributed by atoms with Crippen molar-refractivity contribution in [1.29, 1.82) is 0 Å². The number of aliphatic hydroxyl groups is 2. The van der Waals surface area contributed by atoms with E-state index in [2.05, 4.69) is 0 Å². The summed E-state index contributed by atoms with van der Waals surface area (Å²) in [7, 11) is 0. The molecule has 2 N–H and O–H groups in total. The SMILES string of the molecule is Cc1ccc([C@@](C)(O)CO)c(OCc2ccccc2)c1. The Kier molecular flexibility index (Phi) is 4.42. The van der Waals surface area contributed by atoms with Crippen molar-refractivity contribution < 1.29 is 14.9 Å². The molecule has 3 nitrogen and oxygen atoms in total. The molecule has 2 rings (SSSR count). The van der Waals surface area contributed by atoms with E-state index in [0.29, 0.717) is 17.9 Å². The molecule has 0 aliphatic carbocycles. The quantitative estimate of drug-likeness (QED) is 0.880. The number of benzene rings is 2. The smallest absolute Gasteiger partial charge is 0.126 e. The van der Waals surface area contributed by atoms with Gasteiger partial charge in [-0.25, -0.2) is 0 Å². The Morgan fingerprint density at radius 3 is 2.45 bits per heavy atom. The highest BCUT2D eigenvalue weighted by Gasteiger charge is 2.26. The van der Waals surface area contributed by atoms with Gasteiger partial charge in [-0.3, -0.25) is 0 Å². The third-order valence-electron chi connectivity index (χ3n) is 3.26. The van der Waals surface area contributed by atoms with E-state index >= 15 is 0 Å². The normalized spacial score (nSPS) is 13.8. The molecule has 0 radical (unpaired) electrons. The minimum Gasteiger partial charge on any atom is -0.488 e. The number of aryl methyl sites for hydroxylation is 1. The zero-order valence-electron chi connectivity index (χ0n) is 11.8. The monoisotopic (exact) mass is 272 g/mol. The summed E-state index contributed by atoms with van der Waals surface area (Å²) in [5.74, 6) is 0.605. The van der Waals surface area contributed by atoms with E-state index in [0.717, 1.165) is 11.1 Å². The van der Waals surface area contributed by atoms with Crippen LogP contribution in [0.2, 0.25) is 0 Å². The Balaban J connectivity index is 2.24. The molecular formula is C17H20O3. The third kappa shape index (κ3) is 3.38. The molecular weight excluding hydrogens is 252 g/mol. The predicted octanol–water partition coefficient (Wildman–Crippen LogP) is 2.77. The minimum absolute atomic E-state index is 0.349. The average Bonchev–Trinajstić information content (AvgIpc) is 2.46. The molecule has 2 aromatic rings. The van der Waals surface area contributed by atoms with Gasteiger partial charge in [-0.2, -0.15) is 0 Å². The van der Waals surface area contributed by atoms with Gasteiger partial charge in [-0.05, 0) is 31.0 Å². The molecule has 0 heterocycles. The summed E-state index contributed by atoms with van der Waals surface area (Å²) in [5.41, 5.74) is 1.40. The molecule has 1 atom stereocenters. The van der Waals surface area contributed by atoms with Gasteiger partial charge in [0.2, 0.25) is 0 Å². The number of rotatable bonds is 5. The highest BCUT2D eigenvalue weighted by atomic mass is 16.5. The number of aliphatic hydroxyl groups excluding tert-OH is 1. The Morgan fingerprint density at radius 1 is 1.10 bits per heavy atom. The van der Waals surface area contributed by atoms with E-state index in [9.17, 15) is 10.2 Å².